The number of hydrogen-bond acceptors (Lipinski definition) is 4. The molecular weight excluding hydrogens is 246 g/mol. The number of hydrogen-bond donors (Lipinski definition) is 1. The summed E-state index contributed by atoms with van der Waals surface area (Å²) in [6.45, 7) is 1.34. The van der Waals surface area contributed by atoms with Crippen LogP contribution in [0.15, 0.2) is 24.3 Å². The van der Waals surface area contributed by atoms with Gasteiger partial charge in [-0.2, -0.15) is 0 Å². The summed E-state index contributed by atoms with van der Waals surface area (Å²) >= 11 is 0. The van der Waals surface area contributed by atoms with E-state index in [2.05, 4.69) is 5.32 Å². The minimum atomic E-state index is -0.623. The van der Waals surface area contributed by atoms with Crippen LogP contribution in [0, 0.1) is 0 Å². The lowest BCUT2D eigenvalue weighted by atomic mass is 9.95. The first-order valence-corrected chi connectivity index (χ1v) is 6.21. The lowest BCUT2D eigenvalue weighted by molar-refractivity contribution is -0.193. The summed E-state index contributed by atoms with van der Waals surface area (Å²) in [5.74, 6) is -0.494. The molecule has 1 aliphatic heterocycles. The number of esters is 1. The number of benzene rings is 1. The van der Waals surface area contributed by atoms with E-state index in [1.54, 1.807) is 7.05 Å². The first-order valence-electron chi connectivity index (χ1n) is 6.21. The van der Waals surface area contributed by atoms with Gasteiger partial charge >= 0.3 is 5.97 Å². The van der Waals surface area contributed by atoms with Crippen molar-refractivity contribution in [3.05, 3.63) is 35.4 Å². The molecular formula is C14H17NO4. The Morgan fingerprint density at radius 1 is 1.42 bits per heavy atom. The molecule has 5 nitrogen and oxygen atoms in total. The minimum Gasteiger partial charge on any atom is -0.436 e. The Hall–Kier alpha value is -1.88. The third-order valence-electron chi connectivity index (χ3n) is 3.05. The smallest absolute Gasteiger partial charge is 0.304 e. The van der Waals surface area contributed by atoms with Crippen LogP contribution in [-0.4, -0.2) is 25.2 Å². The number of fused-ring (bicyclic) bond motifs is 1. The van der Waals surface area contributed by atoms with Crippen LogP contribution < -0.4 is 5.32 Å². The Bertz CT molecular complexity index is 486. The molecule has 1 heterocycles. The van der Waals surface area contributed by atoms with E-state index < -0.39 is 6.29 Å². The normalized spacial score (nSPS) is 21.4. The summed E-state index contributed by atoms with van der Waals surface area (Å²) in [4.78, 5) is 22.5. The third-order valence-corrected chi connectivity index (χ3v) is 3.05. The fraction of sp³-hybridized carbons (Fsp3) is 0.429. The second-order valence-electron chi connectivity index (χ2n) is 4.44. The van der Waals surface area contributed by atoms with Crippen LogP contribution in [0.4, 0.5) is 0 Å². The van der Waals surface area contributed by atoms with Crippen molar-refractivity contribution in [3.8, 4) is 0 Å². The van der Waals surface area contributed by atoms with E-state index in [0.29, 0.717) is 6.42 Å². The second kappa shape index (κ2) is 5.84. The first kappa shape index (κ1) is 13.5. The molecule has 2 atom stereocenters. The summed E-state index contributed by atoms with van der Waals surface area (Å²) in [5.41, 5.74) is 2.03. The number of carbonyl (C=O) groups is 2. The molecule has 2 unspecified atom stereocenters. The SMILES string of the molecule is CNC(=O)CC1OC(OC(C)=O)Cc2ccccc21. The maximum Gasteiger partial charge on any atom is 0.304 e. The van der Waals surface area contributed by atoms with Crippen LogP contribution in [0.25, 0.3) is 0 Å². The lowest BCUT2D eigenvalue weighted by Gasteiger charge is -2.31. The molecule has 1 N–H and O–H groups in total. The molecule has 0 spiro atoms. The van der Waals surface area contributed by atoms with Gasteiger partial charge in [-0.15, -0.1) is 0 Å². The van der Waals surface area contributed by atoms with E-state index in [1.807, 2.05) is 24.3 Å². The average molecular weight is 263 g/mol. The summed E-state index contributed by atoms with van der Waals surface area (Å²) in [6, 6.07) is 7.73. The van der Waals surface area contributed by atoms with Crippen molar-refractivity contribution in [3.63, 3.8) is 0 Å². The number of nitrogens with one attached hydrogen (secondary N) is 1. The molecule has 2 rings (SSSR count). The van der Waals surface area contributed by atoms with Crippen LogP contribution in [0.2, 0.25) is 0 Å². The molecule has 0 aromatic heterocycles. The molecule has 102 valence electrons. The van der Waals surface area contributed by atoms with Crippen LogP contribution >= 0.6 is 0 Å². The van der Waals surface area contributed by atoms with Crippen molar-refractivity contribution < 1.29 is 19.1 Å². The van der Waals surface area contributed by atoms with Crippen molar-refractivity contribution in [2.24, 2.45) is 0 Å². The molecule has 5 heteroatoms. The molecule has 0 bridgehead atoms. The van der Waals surface area contributed by atoms with Gasteiger partial charge in [0, 0.05) is 20.4 Å². The maximum absolute atomic E-state index is 11.5. The highest BCUT2D eigenvalue weighted by atomic mass is 16.7. The van der Waals surface area contributed by atoms with Gasteiger partial charge in [0.25, 0.3) is 0 Å². The fourth-order valence-electron chi connectivity index (χ4n) is 2.20. The van der Waals surface area contributed by atoms with Crippen molar-refractivity contribution in [2.75, 3.05) is 7.05 Å². The molecule has 1 aromatic rings. The number of carbonyl (C=O) groups excluding carboxylic acids is 2. The highest BCUT2D eigenvalue weighted by molar-refractivity contribution is 5.76. The van der Waals surface area contributed by atoms with Crippen LogP contribution in [0.5, 0.6) is 0 Å². The van der Waals surface area contributed by atoms with Gasteiger partial charge in [0.2, 0.25) is 12.2 Å². The lowest BCUT2D eigenvalue weighted by Crippen LogP contribution is -2.32. The number of ether oxygens (including phenoxy) is 2. The number of amides is 1. The maximum atomic E-state index is 11.5. The zero-order chi connectivity index (χ0) is 13.8. The molecule has 19 heavy (non-hydrogen) atoms. The monoisotopic (exact) mass is 263 g/mol. The van der Waals surface area contributed by atoms with Crippen molar-refractivity contribution in [1.82, 2.24) is 5.32 Å². The standard InChI is InChI=1S/C14H17NO4/c1-9(16)18-14-7-10-5-3-4-6-11(10)12(19-14)8-13(17)15-2/h3-6,12,14H,7-8H2,1-2H3,(H,15,17). The molecule has 0 aliphatic carbocycles. The van der Waals surface area contributed by atoms with Crippen molar-refractivity contribution in [1.29, 1.82) is 0 Å². The summed E-state index contributed by atoms with van der Waals surface area (Å²) < 4.78 is 10.8. The van der Waals surface area contributed by atoms with Gasteiger partial charge in [0.05, 0.1) is 12.5 Å². The minimum absolute atomic E-state index is 0.108. The predicted molar refractivity (Wildman–Crippen MR) is 68.2 cm³/mol. The summed E-state index contributed by atoms with van der Waals surface area (Å²) in [5, 5.41) is 2.57. The van der Waals surface area contributed by atoms with Crippen LogP contribution in [0.1, 0.15) is 30.6 Å². The Morgan fingerprint density at radius 3 is 2.84 bits per heavy atom. The first-order chi connectivity index (χ1) is 9.10. The van der Waals surface area contributed by atoms with Crippen LogP contribution in [0.3, 0.4) is 0 Å². The Labute approximate surface area is 111 Å². The van der Waals surface area contributed by atoms with Gasteiger partial charge < -0.3 is 14.8 Å². The van der Waals surface area contributed by atoms with Gasteiger partial charge in [0.15, 0.2) is 0 Å². The molecule has 0 radical (unpaired) electrons. The van der Waals surface area contributed by atoms with E-state index in [1.165, 1.54) is 6.92 Å². The Balaban J connectivity index is 2.20. The zero-order valence-electron chi connectivity index (χ0n) is 11.0. The predicted octanol–water partition coefficient (Wildman–Crippen LogP) is 1.33. The second-order valence-corrected chi connectivity index (χ2v) is 4.44. The van der Waals surface area contributed by atoms with E-state index in [4.69, 9.17) is 9.47 Å². The highest BCUT2D eigenvalue weighted by Gasteiger charge is 2.30. The topological polar surface area (TPSA) is 64.6 Å². The Kier molecular flexibility index (Phi) is 4.16. The zero-order valence-corrected chi connectivity index (χ0v) is 11.0. The third kappa shape index (κ3) is 3.32. The Morgan fingerprint density at radius 2 is 2.16 bits per heavy atom. The number of rotatable bonds is 3. The van der Waals surface area contributed by atoms with Gasteiger partial charge in [-0.25, -0.2) is 0 Å². The van der Waals surface area contributed by atoms with E-state index in [-0.39, 0.29) is 24.4 Å². The van der Waals surface area contributed by atoms with Gasteiger partial charge in [-0.3, -0.25) is 9.59 Å². The van der Waals surface area contributed by atoms with Gasteiger partial charge in [-0.1, -0.05) is 24.3 Å². The van der Waals surface area contributed by atoms with E-state index in [0.717, 1.165) is 11.1 Å². The average Bonchev–Trinajstić information content (AvgIpc) is 2.37. The van der Waals surface area contributed by atoms with Gasteiger partial charge in [-0.05, 0) is 11.1 Å². The fourth-order valence-corrected chi connectivity index (χ4v) is 2.20. The van der Waals surface area contributed by atoms with Crippen molar-refractivity contribution in [2.45, 2.75) is 32.2 Å². The van der Waals surface area contributed by atoms with E-state index >= 15 is 0 Å². The van der Waals surface area contributed by atoms with Gasteiger partial charge in [0.1, 0.15) is 0 Å². The molecule has 1 amide bonds. The van der Waals surface area contributed by atoms with Crippen molar-refractivity contribution >= 4 is 11.9 Å². The largest absolute Gasteiger partial charge is 0.436 e. The molecule has 0 saturated carbocycles. The molecule has 1 aromatic carbocycles. The van der Waals surface area contributed by atoms with Crippen LogP contribution in [-0.2, 0) is 25.5 Å². The molecule has 1 aliphatic rings. The summed E-state index contributed by atoms with van der Waals surface area (Å²) in [7, 11) is 1.58. The molecule has 0 saturated heterocycles. The quantitative estimate of drug-likeness (QED) is 0.835. The summed E-state index contributed by atoms with van der Waals surface area (Å²) in [6.07, 6.45) is -0.276. The van der Waals surface area contributed by atoms with E-state index in [9.17, 15) is 9.59 Å². The highest BCUT2D eigenvalue weighted by Crippen LogP contribution is 2.32. The molecule has 0 fully saturated rings.